The third kappa shape index (κ3) is 3.96. The second-order valence-electron chi connectivity index (χ2n) is 6.04. The number of aromatic nitrogens is 4. The van der Waals surface area contributed by atoms with E-state index in [1.54, 1.807) is 0 Å². The summed E-state index contributed by atoms with van der Waals surface area (Å²) in [7, 11) is -3.95. The van der Waals surface area contributed by atoms with E-state index in [0.717, 1.165) is 24.0 Å². The van der Waals surface area contributed by atoms with Crippen molar-refractivity contribution in [3.05, 3.63) is 35.2 Å². The molecule has 0 aliphatic carbocycles. The summed E-state index contributed by atoms with van der Waals surface area (Å²) >= 11 is 6.01. The Labute approximate surface area is 165 Å². The van der Waals surface area contributed by atoms with Crippen molar-refractivity contribution < 1.29 is 30.4 Å². The van der Waals surface area contributed by atoms with Crippen LogP contribution in [0.15, 0.2) is 23.4 Å². The fraction of sp³-hybridized carbons (Fsp3) is 0.267. The van der Waals surface area contributed by atoms with Crippen molar-refractivity contribution >= 4 is 33.0 Å². The normalized spacial score (nSPS) is 13.7. The Bertz CT molecular complexity index is 1190. The summed E-state index contributed by atoms with van der Waals surface area (Å²) in [6.07, 6.45) is -3.00. The standard InChI is InChI=1S/C15H11ClF5N5O2S/c1-6(15(19,20)21)24-13-11(12(16)25-14-22-5-23-26(13)14)10-8(17)3-7(4-9(10)18)29(2,27)28/h3-6,24H,1-2H3. The van der Waals surface area contributed by atoms with Gasteiger partial charge < -0.3 is 5.32 Å². The highest BCUT2D eigenvalue weighted by Gasteiger charge is 2.37. The zero-order chi connectivity index (χ0) is 21.7. The van der Waals surface area contributed by atoms with Gasteiger partial charge in [-0.05, 0) is 19.1 Å². The zero-order valence-electron chi connectivity index (χ0n) is 14.6. The van der Waals surface area contributed by atoms with Gasteiger partial charge in [0, 0.05) is 6.26 Å². The molecule has 3 rings (SSSR count). The van der Waals surface area contributed by atoms with Crippen molar-refractivity contribution in [2.24, 2.45) is 0 Å². The molecule has 2 heterocycles. The average Bonchev–Trinajstić information content (AvgIpc) is 3.02. The summed E-state index contributed by atoms with van der Waals surface area (Å²) in [5.74, 6) is -3.47. The molecule has 2 aromatic heterocycles. The summed E-state index contributed by atoms with van der Waals surface area (Å²) in [4.78, 5) is 6.83. The number of benzene rings is 1. The Morgan fingerprint density at radius 1 is 1.17 bits per heavy atom. The maximum absolute atomic E-state index is 14.7. The van der Waals surface area contributed by atoms with E-state index >= 15 is 0 Å². The second-order valence-corrected chi connectivity index (χ2v) is 8.41. The smallest absolute Gasteiger partial charge is 0.358 e. The summed E-state index contributed by atoms with van der Waals surface area (Å²) in [6, 6.07) is -1.09. The van der Waals surface area contributed by atoms with Gasteiger partial charge in [-0.1, -0.05) is 11.6 Å². The third-order valence-corrected chi connectivity index (χ3v) is 5.29. The molecule has 0 bridgehead atoms. The van der Waals surface area contributed by atoms with E-state index in [1.165, 1.54) is 0 Å². The van der Waals surface area contributed by atoms with Gasteiger partial charge in [0.2, 0.25) is 0 Å². The minimum atomic E-state index is -4.71. The van der Waals surface area contributed by atoms with Gasteiger partial charge in [-0.15, -0.1) is 0 Å². The Hall–Kier alpha value is -2.54. The van der Waals surface area contributed by atoms with Gasteiger partial charge in [-0.25, -0.2) is 17.2 Å². The molecule has 0 fully saturated rings. The molecule has 0 saturated heterocycles. The molecule has 156 valence electrons. The van der Waals surface area contributed by atoms with Crippen LogP contribution in [0.25, 0.3) is 16.9 Å². The van der Waals surface area contributed by atoms with Crippen LogP contribution in [-0.4, -0.2) is 46.5 Å². The molecule has 0 aliphatic heterocycles. The Morgan fingerprint density at radius 3 is 2.28 bits per heavy atom. The van der Waals surface area contributed by atoms with Crippen molar-refractivity contribution in [2.45, 2.75) is 24.0 Å². The third-order valence-electron chi connectivity index (χ3n) is 3.92. The highest BCUT2D eigenvalue weighted by Crippen LogP contribution is 2.39. The van der Waals surface area contributed by atoms with Crippen LogP contribution in [0.2, 0.25) is 5.15 Å². The minimum Gasteiger partial charge on any atom is -0.358 e. The van der Waals surface area contributed by atoms with Crippen LogP contribution in [0.5, 0.6) is 0 Å². The molecule has 0 saturated carbocycles. The van der Waals surface area contributed by atoms with Gasteiger partial charge in [0.1, 0.15) is 35.0 Å². The Morgan fingerprint density at radius 2 is 1.76 bits per heavy atom. The fourth-order valence-corrected chi connectivity index (χ4v) is 3.36. The quantitative estimate of drug-likeness (QED) is 0.478. The van der Waals surface area contributed by atoms with Crippen LogP contribution in [0, 0.1) is 11.6 Å². The first-order chi connectivity index (χ1) is 13.3. The SMILES string of the molecule is CC(Nc1c(-c2c(F)cc(S(C)(=O)=O)cc2F)c(Cl)nc2ncnn12)C(F)(F)F. The van der Waals surface area contributed by atoms with E-state index in [0.29, 0.717) is 12.1 Å². The van der Waals surface area contributed by atoms with E-state index in [-0.39, 0.29) is 5.78 Å². The van der Waals surface area contributed by atoms with Crippen LogP contribution in [0.3, 0.4) is 0 Å². The van der Waals surface area contributed by atoms with Crippen LogP contribution >= 0.6 is 11.6 Å². The zero-order valence-corrected chi connectivity index (χ0v) is 16.2. The van der Waals surface area contributed by atoms with Crippen molar-refractivity contribution in [1.82, 2.24) is 19.6 Å². The minimum absolute atomic E-state index is 0.218. The molecule has 0 amide bonds. The van der Waals surface area contributed by atoms with Crippen molar-refractivity contribution in [3.8, 4) is 11.1 Å². The van der Waals surface area contributed by atoms with Crippen LogP contribution in [-0.2, 0) is 9.84 Å². The Kier molecular flexibility index (Phi) is 5.15. The maximum Gasteiger partial charge on any atom is 0.408 e. The van der Waals surface area contributed by atoms with Gasteiger partial charge in [-0.2, -0.15) is 32.8 Å². The topological polar surface area (TPSA) is 89.2 Å². The predicted molar refractivity (Wildman–Crippen MR) is 93.4 cm³/mol. The van der Waals surface area contributed by atoms with E-state index in [2.05, 4.69) is 20.4 Å². The first-order valence-electron chi connectivity index (χ1n) is 7.72. The molecule has 0 radical (unpaired) electrons. The second kappa shape index (κ2) is 7.06. The van der Waals surface area contributed by atoms with Crippen molar-refractivity contribution in [1.29, 1.82) is 0 Å². The predicted octanol–water partition coefficient (Wildman–Crippen LogP) is 3.49. The fourth-order valence-electron chi connectivity index (χ4n) is 2.46. The molecule has 1 unspecified atom stereocenters. The highest BCUT2D eigenvalue weighted by atomic mass is 35.5. The monoisotopic (exact) mass is 455 g/mol. The van der Waals surface area contributed by atoms with Gasteiger partial charge in [0.05, 0.1) is 16.0 Å². The van der Waals surface area contributed by atoms with Crippen molar-refractivity contribution in [2.75, 3.05) is 11.6 Å². The number of hydrogen-bond acceptors (Lipinski definition) is 6. The molecule has 14 heteroatoms. The van der Waals surface area contributed by atoms with Gasteiger partial charge in [0.15, 0.2) is 9.84 Å². The van der Waals surface area contributed by atoms with E-state index in [1.807, 2.05) is 0 Å². The number of anilines is 1. The maximum atomic E-state index is 14.7. The number of hydrogen-bond donors (Lipinski definition) is 1. The first-order valence-corrected chi connectivity index (χ1v) is 9.99. The van der Waals surface area contributed by atoms with Gasteiger partial charge in [-0.3, -0.25) is 0 Å². The lowest BCUT2D eigenvalue weighted by atomic mass is 10.1. The average molecular weight is 456 g/mol. The van der Waals surface area contributed by atoms with Crippen LogP contribution < -0.4 is 5.32 Å². The molecular formula is C15H11ClF5N5O2S. The van der Waals surface area contributed by atoms with E-state index in [9.17, 15) is 30.4 Å². The largest absolute Gasteiger partial charge is 0.408 e. The lowest BCUT2D eigenvalue weighted by Crippen LogP contribution is -2.34. The van der Waals surface area contributed by atoms with Crippen molar-refractivity contribution in [3.63, 3.8) is 0 Å². The number of nitrogens with zero attached hydrogens (tertiary/aromatic N) is 4. The van der Waals surface area contributed by atoms with E-state index in [4.69, 9.17) is 11.6 Å². The lowest BCUT2D eigenvalue weighted by Gasteiger charge is -2.21. The number of sulfone groups is 1. The molecule has 0 aliphatic rings. The number of fused-ring (bicyclic) bond motifs is 1. The first kappa shape index (κ1) is 21.2. The summed E-state index contributed by atoms with van der Waals surface area (Å²) < 4.78 is 92.6. The summed E-state index contributed by atoms with van der Waals surface area (Å²) in [5, 5.41) is 5.23. The molecule has 3 aromatic rings. The summed E-state index contributed by atoms with van der Waals surface area (Å²) in [6.45, 7) is 0.778. The van der Waals surface area contributed by atoms with Crippen LogP contribution in [0.4, 0.5) is 27.8 Å². The molecule has 1 atom stereocenters. The van der Waals surface area contributed by atoms with Crippen LogP contribution in [0.1, 0.15) is 6.92 Å². The highest BCUT2D eigenvalue weighted by molar-refractivity contribution is 7.90. The number of nitrogens with one attached hydrogen (secondary N) is 1. The molecule has 29 heavy (non-hydrogen) atoms. The number of halogens is 6. The van der Waals surface area contributed by atoms with Gasteiger partial charge >= 0.3 is 6.18 Å². The summed E-state index contributed by atoms with van der Waals surface area (Å²) in [5.41, 5.74) is -1.44. The molecule has 7 nitrogen and oxygen atoms in total. The molecule has 0 spiro atoms. The lowest BCUT2D eigenvalue weighted by molar-refractivity contribution is -0.138. The molecule has 1 N–H and O–H groups in total. The molecule has 1 aromatic carbocycles. The number of alkyl halides is 3. The number of rotatable bonds is 4. The van der Waals surface area contributed by atoms with Gasteiger partial charge in [0.25, 0.3) is 5.78 Å². The molecular weight excluding hydrogens is 445 g/mol. The van der Waals surface area contributed by atoms with E-state index < -0.39 is 60.7 Å². The Balaban J connectivity index is 2.33.